The molecule has 0 amide bonds. The molecule has 0 aliphatic heterocycles. The van der Waals surface area contributed by atoms with E-state index in [0.29, 0.717) is 11.4 Å². The van der Waals surface area contributed by atoms with Gasteiger partial charge in [0, 0.05) is 10.8 Å². The van der Waals surface area contributed by atoms with Gasteiger partial charge in [-0.1, -0.05) is 11.8 Å². The molecule has 0 saturated carbocycles. The zero-order chi connectivity index (χ0) is 12.8. The van der Waals surface area contributed by atoms with Gasteiger partial charge in [0.05, 0.1) is 0 Å². The predicted molar refractivity (Wildman–Crippen MR) is 71.1 cm³/mol. The normalized spacial score (nSPS) is 9.22. The number of aliphatic hydroxyl groups excluding tert-OH is 2. The monoisotopic (exact) mass is 276 g/mol. The van der Waals surface area contributed by atoms with Crippen LogP contribution in [0.4, 0.5) is 0 Å². The van der Waals surface area contributed by atoms with Gasteiger partial charge < -0.3 is 10.2 Å². The Morgan fingerprint density at radius 2 is 1.33 bits per heavy atom. The van der Waals surface area contributed by atoms with Gasteiger partial charge in [0.25, 0.3) is 0 Å². The molecule has 0 aromatic carbocycles. The van der Waals surface area contributed by atoms with E-state index < -0.39 is 0 Å². The number of thiazole rings is 2. The number of nitrogens with zero attached hydrogens (tertiary/aromatic N) is 2. The van der Waals surface area contributed by atoms with E-state index in [-0.39, 0.29) is 13.2 Å². The number of hydrogen-bond acceptors (Lipinski definition) is 6. The quantitative estimate of drug-likeness (QED) is 0.761. The number of aromatic nitrogens is 2. The molecular formula is C12H8N2O2S2. The van der Waals surface area contributed by atoms with Crippen LogP contribution < -0.4 is 0 Å². The minimum Gasteiger partial charge on any atom is -0.384 e. The Kier molecular flexibility index (Phi) is 4.46. The molecule has 90 valence electrons. The summed E-state index contributed by atoms with van der Waals surface area (Å²) in [5.41, 5.74) is 1.25. The number of rotatable bonds is 1. The highest BCUT2D eigenvalue weighted by Gasteiger charge is 2.07. The molecule has 2 heterocycles. The van der Waals surface area contributed by atoms with E-state index in [2.05, 4.69) is 33.6 Å². The van der Waals surface area contributed by atoms with E-state index in [1.54, 1.807) is 0 Å². The van der Waals surface area contributed by atoms with Crippen LogP contribution in [0.5, 0.6) is 0 Å². The van der Waals surface area contributed by atoms with Crippen molar-refractivity contribution in [3.05, 3.63) is 22.1 Å². The summed E-state index contributed by atoms with van der Waals surface area (Å²) in [5.74, 6) is 10.6. The molecule has 2 N–H and O–H groups in total. The molecule has 4 nitrogen and oxygen atoms in total. The van der Waals surface area contributed by atoms with Crippen molar-refractivity contribution in [3.63, 3.8) is 0 Å². The lowest BCUT2D eigenvalue weighted by atomic mass is 10.4. The lowest BCUT2D eigenvalue weighted by Crippen LogP contribution is -1.80. The Balaban J connectivity index is 2.21. The van der Waals surface area contributed by atoms with Gasteiger partial charge in [0.1, 0.15) is 24.6 Å². The summed E-state index contributed by atoms with van der Waals surface area (Å²) in [6.07, 6.45) is 0. The summed E-state index contributed by atoms with van der Waals surface area (Å²) in [7, 11) is 0. The van der Waals surface area contributed by atoms with Crippen LogP contribution >= 0.6 is 22.7 Å². The SMILES string of the molecule is OCC#Cc1csc(-c2nc(C#CCO)cs2)n1. The van der Waals surface area contributed by atoms with E-state index >= 15 is 0 Å². The average molecular weight is 276 g/mol. The fourth-order valence-electron chi connectivity index (χ4n) is 1.12. The maximum absolute atomic E-state index is 8.59. The smallest absolute Gasteiger partial charge is 0.153 e. The van der Waals surface area contributed by atoms with Crippen LogP contribution in [0.3, 0.4) is 0 Å². The van der Waals surface area contributed by atoms with Crippen molar-refractivity contribution in [2.24, 2.45) is 0 Å². The summed E-state index contributed by atoms with van der Waals surface area (Å²) < 4.78 is 0. The standard InChI is InChI=1S/C12H8N2O2S2/c15-5-1-3-9-7-17-11(13-9)12-14-10(8-18-12)4-2-6-16/h7-8,15-16H,5-6H2. The molecular weight excluding hydrogens is 268 g/mol. The van der Waals surface area contributed by atoms with Gasteiger partial charge >= 0.3 is 0 Å². The first-order chi connectivity index (χ1) is 8.83. The van der Waals surface area contributed by atoms with E-state index in [1.165, 1.54) is 22.7 Å². The molecule has 0 aliphatic carbocycles. The molecule has 0 saturated heterocycles. The number of aliphatic hydroxyl groups is 2. The Morgan fingerprint density at radius 3 is 1.72 bits per heavy atom. The maximum Gasteiger partial charge on any atom is 0.153 e. The van der Waals surface area contributed by atoms with Crippen molar-refractivity contribution in [1.29, 1.82) is 0 Å². The van der Waals surface area contributed by atoms with Crippen molar-refractivity contribution in [1.82, 2.24) is 9.97 Å². The Hall–Kier alpha value is -1.70. The maximum atomic E-state index is 8.59. The minimum absolute atomic E-state index is 0.176. The third-order valence-corrected chi connectivity index (χ3v) is 3.61. The molecule has 0 aliphatic rings. The van der Waals surface area contributed by atoms with Crippen LogP contribution in [0.2, 0.25) is 0 Å². The summed E-state index contributed by atoms with van der Waals surface area (Å²) in [4.78, 5) is 8.59. The van der Waals surface area contributed by atoms with Gasteiger partial charge in [-0.05, 0) is 11.8 Å². The molecule has 0 bridgehead atoms. The van der Waals surface area contributed by atoms with Crippen molar-refractivity contribution in [2.75, 3.05) is 13.2 Å². The highest BCUT2D eigenvalue weighted by atomic mass is 32.1. The zero-order valence-electron chi connectivity index (χ0n) is 9.17. The van der Waals surface area contributed by atoms with Crippen LogP contribution in [0.15, 0.2) is 10.8 Å². The topological polar surface area (TPSA) is 66.2 Å². The van der Waals surface area contributed by atoms with Gasteiger partial charge in [0.2, 0.25) is 0 Å². The van der Waals surface area contributed by atoms with Crippen molar-refractivity contribution >= 4 is 22.7 Å². The van der Waals surface area contributed by atoms with E-state index in [4.69, 9.17) is 10.2 Å². The molecule has 2 rings (SSSR count). The van der Waals surface area contributed by atoms with Gasteiger partial charge in [-0.15, -0.1) is 22.7 Å². The highest BCUT2D eigenvalue weighted by Crippen LogP contribution is 2.26. The lowest BCUT2D eigenvalue weighted by Gasteiger charge is -1.84. The number of hydrogen-bond donors (Lipinski definition) is 2. The zero-order valence-corrected chi connectivity index (χ0v) is 10.8. The molecule has 2 aromatic rings. The Bertz CT molecular complexity index is 594. The first-order valence-corrected chi connectivity index (χ1v) is 6.70. The summed E-state index contributed by atoms with van der Waals surface area (Å²) in [6, 6.07) is 0. The van der Waals surface area contributed by atoms with Crippen LogP contribution in [0.25, 0.3) is 10.0 Å². The second kappa shape index (κ2) is 6.29. The van der Waals surface area contributed by atoms with Gasteiger partial charge in [-0.3, -0.25) is 0 Å². The third-order valence-electron chi connectivity index (χ3n) is 1.78. The summed E-state index contributed by atoms with van der Waals surface area (Å²) in [6.45, 7) is -0.351. The molecule has 18 heavy (non-hydrogen) atoms. The largest absolute Gasteiger partial charge is 0.384 e. The molecule has 0 radical (unpaired) electrons. The van der Waals surface area contributed by atoms with Gasteiger partial charge in [-0.2, -0.15) is 0 Å². The van der Waals surface area contributed by atoms with Gasteiger partial charge in [0.15, 0.2) is 10.0 Å². The van der Waals surface area contributed by atoms with E-state index in [1.807, 2.05) is 10.8 Å². The first-order valence-electron chi connectivity index (χ1n) is 4.94. The third kappa shape index (κ3) is 3.16. The van der Waals surface area contributed by atoms with Crippen molar-refractivity contribution < 1.29 is 10.2 Å². The Morgan fingerprint density at radius 1 is 0.889 bits per heavy atom. The van der Waals surface area contributed by atoms with E-state index in [0.717, 1.165) is 10.0 Å². The Labute approximate surface area is 112 Å². The molecule has 0 fully saturated rings. The summed E-state index contributed by atoms with van der Waals surface area (Å²) >= 11 is 2.89. The van der Waals surface area contributed by atoms with Gasteiger partial charge in [-0.25, -0.2) is 9.97 Å². The second-order valence-electron chi connectivity index (χ2n) is 3.00. The van der Waals surface area contributed by atoms with Crippen LogP contribution in [0.1, 0.15) is 11.4 Å². The fraction of sp³-hybridized carbons (Fsp3) is 0.167. The van der Waals surface area contributed by atoms with Crippen LogP contribution in [-0.4, -0.2) is 33.4 Å². The van der Waals surface area contributed by atoms with E-state index in [9.17, 15) is 0 Å². The second-order valence-corrected chi connectivity index (χ2v) is 4.71. The fourth-order valence-corrected chi connectivity index (χ4v) is 2.67. The molecule has 2 aromatic heterocycles. The van der Waals surface area contributed by atoms with Crippen LogP contribution in [0, 0.1) is 23.7 Å². The van der Waals surface area contributed by atoms with Crippen molar-refractivity contribution in [2.45, 2.75) is 0 Å². The first kappa shape index (κ1) is 12.7. The molecule has 0 spiro atoms. The minimum atomic E-state index is -0.176. The molecule has 0 unspecified atom stereocenters. The highest BCUT2D eigenvalue weighted by molar-refractivity contribution is 7.19. The molecule has 6 heteroatoms. The van der Waals surface area contributed by atoms with Crippen molar-refractivity contribution in [3.8, 4) is 33.7 Å². The predicted octanol–water partition coefficient (Wildman–Crippen LogP) is 0.954. The lowest BCUT2D eigenvalue weighted by molar-refractivity contribution is 0.350. The van der Waals surface area contributed by atoms with Crippen LogP contribution in [-0.2, 0) is 0 Å². The molecule has 0 atom stereocenters. The average Bonchev–Trinajstić information content (AvgIpc) is 3.02. The summed E-state index contributed by atoms with van der Waals surface area (Å²) in [5, 5.41) is 22.4.